The average molecular weight is 351 g/mol. The molecule has 1 heterocycles. The van der Waals surface area contributed by atoms with E-state index in [1.807, 2.05) is 36.2 Å². The molecule has 0 spiro atoms. The number of amides is 1. The Morgan fingerprint density at radius 1 is 1.27 bits per heavy atom. The van der Waals surface area contributed by atoms with Crippen molar-refractivity contribution in [2.24, 2.45) is 5.92 Å². The maximum atomic E-state index is 12.6. The van der Waals surface area contributed by atoms with Crippen LogP contribution in [0.5, 0.6) is 0 Å². The van der Waals surface area contributed by atoms with Gasteiger partial charge in [0.25, 0.3) is 0 Å². The summed E-state index contributed by atoms with van der Waals surface area (Å²) in [6.07, 6.45) is 8.28. The molecule has 0 N–H and O–H groups in total. The van der Waals surface area contributed by atoms with Gasteiger partial charge >= 0.3 is 0 Å². The Bertz CT molecular complexity index is 793. The van der Waals surface area contributed by atoms with Crippen LogP contribution in [0.4, 0.5) is 0 Å². The Labute approximate surface area is 156 Å². The average Bonchev–Trinajstić information content (AvgIpc) is 3.03. The van der Waals surface area contributed by atoms with Crippen molar-refractivity contribution in [3.8, 4) is 6.07 Å². The zero-order valence-electron chi connectivity index (χ0n) is 16.1. The lowest BCUT2D eigenvalue weighted by atomic mass is 10.0. The van der Waals surface area contributed by atoms with Crippen LogP contribution in [0.3, 0.4) is 0 Å². The van der Waals surface area contributed by atoms with Gasteiger partial charge in [0.1, 0.15) is 0 Å². The number of carbonyl (C=O) groups excluding carboxylic acids is 1. The van der Waals surface area contributed by atoms with Crippen LogP contribution in [0.25, 0.3) is 17.0 Å². The van der Waals surface area contributed by atoms with Crippen LogP contribution < -0.4 is 0 Å². The lowest BCUT2D eigenvalue weighted by Gasteiger charge is -2.24. The largest absolute Gasteiger partial charge is 0.346 e. The Morgan fingerprint density at radius 3 is 2.65 bits per heavy atom. The summed E-state index contributed by atoms with van der Waals surface area (Å²) in [5.41, 5.74) is 2.12. The number of nitriles is 1. The number of para-hydroxylation sites is 1. The molecule has 0 radical (unpaired) electrons. The predicted molar refractivity (Wildman–Crippen MR) is 108 cm³/mol. The van der Waals surface area contributed by atoms with E-state index in [0.29, 0.717) is 18.9 Å². The standard InChI is InChI=1S/C22H29N3O/c1-4-18(5-2)16-24(6-3)22(26)13-12-19-17-25(15-9-14-23)21-11-8-7-10-20(19)21/h7-8,10-13,17-18H,4-6,9,15-16H2,1-3H3/b13-12+. The first-order valence-electron chi connectivity index (χ1n) is 9.56. The van der Waals surface area contributed by atoms with E-state index in [9.17, 15) is 4.79 Å². The molecular formula is C22H29N3O. The molecular weight excluding hydrogens is 322 g/mol. The van der Waals surface area contributed by atoms with E-state index in [1.165, 1.54) is 0 Å². The third-order valence-corrected chi connectivity index (χ3v) is 5.02. The minimum atomic E-state index is 0.0632. The van der Waals surface area contributed by atoms with E-state index < -0.39 is 0 Å². The van der Waals surface area contributed by atoms with Gasteiger partial charge in [0.05, 0.1) is 12.5 Å². The highest BCUT2D eigenvalue weighted by Gasteiger charge is 2.14. The number of hydrogen-bond donors (Lipinski definition) is 0. The van der Waals surface area contributed by atoms with Crippen LogP contribution in [0, 0.1) is 17.2 Å². The van der Waals surface area contributed by atoms with Gasteiger partial charge in [0.15, 0.2) is 0 Å². The summed E-state index contributed by atoms with van der Waals surface area (Å²) in [4.78, 5) is 14.5. The van der Waals surface area contributed by atoms with Crippen molar-refractivity contribution >= 4 is 22.9 Å². The molecule has 1 aromatic heterocycles. The minimum absolute atomic E-state index is 0.0632. The highest BCUT2D eigenvalue weighted by molar-refractivity contribution is 5.96. The second-order valence-corrected chi connectivity index (χ2v) is 6.60. The fraction of sp³-hybridized carbons (Fsp3) is 0.455. The van der Waals surface area contributed by atoms with Crippen LogP contribution in [0.2, 0.25) is 0 Å². The highest BCUT2D eigenvalue weighted by Crippen LogP contribution is 2.23. The summed E-state index contributed by atoms with van der Waals surface area (Å²) in [6.45, 7) is 8.59. The second-order valence-electron chi connectivity index (χ2n) is 6.60. The van der Waals surface area contributed by atoms with Gasteiger partial charge in [-0.2, -0.15) is 5.26 Å². The zero-order valence-corrected chi connectivity index (χ0v) is 16.1. The van der Waals surface area contributed by atoms with E-state index in [-0.39, 0.29) is 5.91 Å². The number of likely N-dealkylation sites (N-methyl/N-ethyl adjacent to an activating group) is 1. The van der Waals surface area contributed by atoms with E-state index in [4.69, 9.17) is 5.26 Å². The van der Waals surface area contributed by atoms with Crippen molar-refractivity contribution in [3.05, 3.63) is 42.1 Å². The maximum Gasteiger partial charge on any atom is 0.246 e. The SMILES string of the molecule is CCC(CC)CN(CC)C(=O)/C=C/c1cn(CCC#N)c2ccccc12. The Hall–Kier alpha value is -2.54. The molecule has 0 unspecified atom stereocenters. The first kappa shape index (κ1) is 19.8. The molecule has 0 fully saturated rings. The number of fused-ring (bicyclic) bond motifs is 1. The molecule has 0 bridgehead atoms. The van der Waals surface area contributed by atoms with E-state index in [1.54, 1.807) is 6.08 Å². The van der Waals surface area contributed by atoms with Crippen LogP contribution in [-0.2, 0) is 11.3 Å². The van der Waals surface area contributed by atoms with Crippen molar-refractivity contribution in [2.75, 3.05) is 13.1 Å². The fourth-order valence-corrected chi connectivity index (χ4v) is 3.26. The van der Waals surface area contributed by atoms with Crippen molar-refractivity contribution in [1.29, 1.82) is 5.26 Å². The van der Waals surface area contributed by atoms with E-state index in [2.05, 4.69) is 36.6 Å². The second kappa shape index (κ2) is 9.82. The van der Waals surface area contributed by atoms with E-state index >= 15 is 0 Å². The van der Waals surface area contributed by atoms with Crippen molar-refractivity contribution in [3.63, 3.8) is 0 Å². The lowest BCUT2D eigenvalue weighted by molar-refractivity contribution is -0.126. The number of benzene rings is 1. The normalized spacial score (nSPS) is 11.3. The first-order valence-corrected chi connectivity index (χ1v) is 9.56. The van der Waals surface area contributed by atoms with Gasteiger partial charge in [-0.25, -0.2) is 0 Å². The summed E-state index contributed by atoms with van der Waals surface area (Å²) in [7, 11) is 0. The number of nitrogens with zero attached hydrogens (tertiary/aromatic N) is 3. The van der Waals surface area contributed by atoms with Crippen LogP contribution in [0.1, 0.15) is 45.6 Å². The summed E-state index contributed by atoms with van der Waals surface area (Å²) in [5, 5.41) is 9.96. The molecule has 2 aromatic rings. The summed E-state index contributed by atoms with van der Waals surface area (Å²) < 4.78 is 2.09. The van der Waals surface area contributed by atoms with Crippen molar-refractivity contribution in [1.82, 2.24) is 9.47 Å². The van der Waals surface area contributed by atoms with Crippen LogP contribution in [-0.4, -0.2) is 28.5 Å². The highest BCUT2D eigenvalue weighted by atomic mass is 16.2. The molecule has 138 valence electrons. The lowest BCUT2D eigenvalue weighted by Crippen LogP contribution is -2.33. The minimum Gasteiger partial charge on any atom is -0.346 e. The predicted octanol–water partition coefficient (Wildman–Crippen LogP) is 4.85. The van der Waals surface area contributed by atoms with Gasteiger partial charge in [-0.3, -0.25) is 4.79 Å². The molecule has 2 rings (SSSR count). The molecule has 0 atom stereocenters. The number of hydrogen-bond acceptors (Lipinski definition) is 2. The fourth-order valence-electron chi connectivity index (χ4n) is 3.26. The van der Waals surface area contributed by atoms with Gasteiger partial charge in [0, 0.05) is 48.4 Å². The first-order chi connectivity index (χ1) is 12.6. The number of rotatable bonds is 9. The van der Waals surface area contributed by atoms with E-state index in [0.717, 1.165) is 42.4 Å². The quantitative estimate of drug-likeness (QED) is 0.606. The van der Waals surface area contributed by atoms with Gasteiger partial charge < -0.3 is 9.47 Å². The molecule has 0 saturated carbocycles. The van der Waals surface area contributed by atoms with Crippen molar-refractivity contribution < 1.29 is 4.79 Å². The Morgan fingerprint density at radius 2 is 2.00 bits per heavy atom. The summed E-state index contributed by atoms with van der Waals surface area (Å²) >= 11 is 0. The summed E-state index contributed by atoms with van der Waals surface area (Å²) in [5.74, 6) is 0.619. The van der Waals surface area contributed by atoms with Gasteiger partial charge in [-0.1, -0.05) is 44.9 Å². The molecule has 0 aliphatic rings. The van der Waals surface area contributed by atoms with Gasteiger partial charge in [0.2, 0.25) is 5.91 Å². The molecule has 1 amide bonds. The topological polar surface area (TPSA) is 49.0 Å². The number of aromatic nitrogens is 1. The molecule has 0 aliphatic carbocycles. The molecule has 4 heteroatoms. The summed E-state index contributed by atoms with van der Waals surface area (Å²) in [6, 6.07) is 10.3. The van der Waals surface area contributed by atoms with Crippen LogP contribution in [0.15, 0.2) is 36.5 Å². The zero-order chi connectivity index (χ0) is 18.9. The Balaban J connectivity index is 2.21. The number of aryl methyl sites for hydroxylation is 1. The van der Waals surface area contributed by atoms with Crippen molar-refractivity contribution in [2.45, 2.75) is 46.6 Å². The maximum absolute atomic E-state index is 12.6. The van der Waals surface area contributed by atoms with Crippen LogP contribution >= 0.6 is 0 Å². The monoisotopic (exact) mass is 351 g/mol. The van der Waals surface area contributed by atoms with Gasteiger partial charge in [-0.05, 0) is 25.0 Å². The molecule has 1 aromatic carbocycles. The third-order valence-electron chi connectivity index (χ3n) is 5.02. The molecule has 4 nitrogen and oxygen atoms in total. The Kier molecular flexibility index (Phi) is 7.47. The van der Waals surface area contributed by atoms with Gasteiger partial charge in [-0.15, -0.1) is 0 Å². The molecule has 26 heavy (non-hydrogen) atoms. The third kappa shape index (κ3) is 4.76. The number of carbonyl (C=O) groups is 1. The molecule has 0 saturated heterocycles. The smallest absolute Gasteiger partial charge is 0.246 e. The molecule has 0 aliphatic heterocycles.